The second-order valence-electron chi connectivity index (χ2n) is 4.92. The van der Waals surface area contributed by atoms with Gasteiger partial charge in [-0.2, -0.15) is 0 Å². The van der Waals surface area contributed by atoms with Gasteiger partial charge in [0.15, 0.2) is 0 Å². The van der Waals surface area contributed by atoms with Crippen molar-refractivity contribution < 1.29 is 4.42 Å². The van der Waals surface area contributed by atoms with Crippen molar-refractivity contribution in [3.63, 3.8) is 0 Å². The average molecular weight is 337 g/mol. The summed E-state index contributed by atoms with van der Waals surface area (Å²) in [4.78, 5) is 2.22. The number of anilines is 1. The first-order chi connectivity index (χ1) is 9.60. The molecule has 0 fully saturated rings. The van der Waals surface area contributed by atoms with Crippen LogP contribution in [0.4, 0.5) is 5.69 Å². The van der Waals surface area contributed by atoms with E-state index in [-0.39, 0.29) is 0 Å². The minimum absolute atomic E-state index is 0.772. The Morgan fingerprint density at radius 3 is 2.70 bits per heavy atom. The molecule has 1 heterocycles. The van der Waals surface area contributed by atoms with Crippen molar-refractivity contribution in [2.24, 2.45) is 0 Å². The Kier molecular flexibility index (Phi) is 5.26. The molecule has 0 bridgehead atoms. The minimum atomic E-state index is 0.772. The van der Waals surface area contributed by atoms with Gasteiger partial charge in [0.1, 0.15) is 11.5 Å². The molecule has 0 aliphatic carbocycles. The van der Waals surface area contributed by atoms with Gasteiger partial charge in [0.05, 0.1) is 6.54 Å². The van der Waals surface area contributed by atoms with Crippen LogP contribution >= 0.6 is 15.9 Å². The van der Waals surface area contributed by atoms with Gasteiger partial charge in [-0.15, -0.1) is 0 Å². The molecular weight excluding hydrogens is 316 g/mol. The molecule has 108 valence electrons. The van der Waals surface area contributed by atoms with Crippen LogP contribution in [0.5, 0.6) is 0 Å². The molecule has 0 aliphatic rings. The van der Waals surface area contributed by atoms with Crippen molar-refractivity contribution >= 4 is 21.6 Å². The molecule has 2 aromatic rings. The molecule has 0 amide bonds. The van der Waals surface area contributed by atoms with Gasteiger partial charge in [0.25, 0.3) is 0 Å². The Labute approximate surface area is 129 Å². The van der Waals surface area contributed by atoms with Crippen molar-refractivity contribution in [3.05, 3.63) is 51.9 Å². The third-order valence-electron chi connectivity index (χ3n) is 3.21. The lowest BCUT2D eigenvalue weighted by atomic mass is 10.1. The second kappa shape index (κ2) is 6.95. The number of hydrogen-bond acceptors (Lipinski definition) is 3. The van der Waals surface area contributed by atoms with Crippen molar-refractivity contribution in [1.82, 2.24) is 5.32 Å². The number of hydrogen-bond donors (Lipinski definition) is 1. The first-order valence-electron chi connectivity index (χ1n) is 6.85. The summed E-state index contributed by atoms with van der Waals surface area (Å²) >= 11 is 3.54. The molecule has 0 saturated heterocycles. The van der Waals surface area contributed by atoms with E-state index in [0.717, 1.165) is 35.6 Å². The fraction of sp³-hybridized carbons (Fsp3) is 0.375. The van der Waals surface area contributed by atoms with E-state index >= 15 is 0 Å². The standard InChI is InChI=1S/C16H21BrN2O/c1-4-18-10-13-9-14(17)6-8-16(13)19(3)11-15-7-5-12(2)20-15/h5-9,18H,4,10-11H2,1-3H3. The van der Waals surface area contributed by atoms with Crippen LogP contribution in [0.3, 0.4) is 0 Å². The third-order valence-corrected chi connectivity index (χ3v) is 3.70. The van der Waals surface area contributed by atoms with Crippen LogP contribution in [-0.4, -0.2) is 13.6 Å². The summed E-state index contributed by atoms with van der Waals surface area (Å²) in [5.74, 6) is 1.94. The molecule has 2 rings (SSSR count). The van der Waals surface area contributed by atoms with E-state index in [1.807, 2.05) is 19.1 Å². The third kappa shape index (κ3) is 3.87. The summed E-state index contributed by atoms with van der Waals surface area (Å²) < 4.78 is 6.76. The van der Waals surface area contributed by atoms with Gasteiger partial charge in [0.2, 0.25) is 0 Å². The van der Waals surface area contributed by atoms with Crippen LogP contribution in [0.2, 0.25) is 0 Å². The van der Waals surface area contributed by atoms with Crippen LogP contribution in [0, 0.1) is 6.92 Å². The minimum Gasteiger partial charge on any atom is -0.464 e. The van der Waals surface area contributed by atoms with Crippen LogP contribution in [0.25, 0.3) is 0 Å². The van der Waals surface area contributed by atoms with Crippen LogP contribution in [0.15, 0.2) is 39.2 Å². The van der Waals surface area contributed by atoms with E-state index in [4.69, 9.17) is 4.42 Å². The smallest absolute Gasteiger partial charge is 0.123 e. The molecule has 1 aromatic heterocycles. The van der Waals surface area contributed by atoms with Crippen molar-refractivity contribution in [1.29, 1.82) is 0 Å². The van der Waals surface area contributed by atoms with Gasteiger partial charge in [0, 0.05) is 23.8 Å². The predicted octanol–water partition coefficient (Wildman–Crippen LogP) is 4.10. The molecule has 3 nitrogen and oxygen atoms in total. The lowest BCUT2D eigenvalue weighted by molar-refractivity contribution is 0.481. The Morgan fingerprint density at radius 1 is 1.25 bits per heavy atom. The van der Waals surface area contributed by atoms with Gasteiger partial charge in [-0.1, -0.05) is 22.9 Å². The number of benzene rings is 1. The Bertz CT molecular complexity index is 565. The van der Waals surface area contributed by atoms with Crippen molar-refractivity contribution in [2.45, 2.75) is 26.9 Å². The number of nitrogens with zero attached hydrogens (tertiary/aromatic N) is 1. The zero-order chi connectivity index (χ0) is 14.5. The summed E-state index contributed by atoms with van der Waals surface area (Å²) in [7, 11) is 2.09. The molecule has 0 spiro atoms. The van der Waals surface area contributed by atoms with E-state index in [0.29, 0.717) is 0 Å². The predicted molar refractivity (Wildman–Crippen MR) is 87.1 cm³/mol. The first kappa shape index (κ1) is 15.1. The van der Waals surface area contributed by atoms with E-state index in [1.165, 1.54) is 11.3 Å². The van der Waals surface area contributed by atoms with E-state index in [2.05, 4.69) is 58.3 Å². The fourth-order valence-corrected chi connectivity index (χ4v) is 2.63. The van der Waals surface area contributed by atoms with E-state index in [1.54, 1.807) is 0 Å². The molecule has 0 radical (unpaired) electrons. The highest BCUT2D eigenvalue weighted by Gasteiger charge is 2.10. The van der Waals surface area contributed by atoms with Gasteiger partial charge in [-0.05, 0) is 49.4 Å². The van der Waals surface area contributed by atoms with Crippen molar-refractivity contribution in [3.8, 4) is 0 Å². The molecular formula is C16H21BrN2O. The first-order valence-corrected chi connectivity index (χ1v) is 7.65. The van der Waals surface area contributed by atoms with Crippen LogP contribution < -0.4 is 10.2 Å². The number of rotatable bonds is 6. The highest BCUT2D eigenvalue weighted by Crippen LogP contribution is 2.25. The van der Waals surface area contributed by atoms with Gasteiger partial charge in [-0.25, -0.2) is 0 Å². The maximum atomic E-state index is 5.65. The summed E-state index contributed by atoms with van der Waals surface area (Å²) in [6.07, 6.45) is 0. The van der Waals surface area contributed by atoms with Gasteiger partial charge < -0.3 is 14.6 Å². The Morgan fingerprint density at radius 2 is 2.05 bits per heavy atom. The highest BCUT2D eigenvalue weighted by molar-refractivity contribution is 9.10. The molecule has 0 saturated carbocycles. The van der Waals surface area contributed by atoms with E-state index < -0.39 is 0 Å². The molecule has 0 unspecified atom stereocenters. The summed E-state index contributed by atoms with van der Waals surface area (Å²) in [5, 5.41) is 3.38. The molecule has 0 aliphatic heterocycles. The second-order valence-corrected chi connectivity index (χ2v) is 5.84. The normalized spacial score (nSPS) is 10.8. The maximum Gasteiger partial charge on any atom is 0.123 e. The zero-order valence-electron chi connectivity index (χ0n) is 12.2. The highest BCUT2D eigenvalue weighted by atomic mass is 79.9. The number of nitrogens with one attached hydrogen (secondary N) is 1. The molecule has 1 N–H and O–H groups in total. The van der Waals surface area contributed by atoms with Crippen LogP contribution in [-0.2, 0) is 13.1 Å². The van der Waals surface area contributed by atoms with Gasteiger partial charge in [-0.3, -0.25) is 0 Å². The lowest BCUT2D eigenvalue weighted by Crippen LogP contribution is -2.20. The monoisotopic (exact) mass is 336 g/mol. The quantitative estimate of drug-likeness (QED) is 0.860. The van der Waals surface area contributed by atoms with E-state index in [9.17, 15) is 0 Å². The maximum absolute atomic E-state index is 5.65. The summed E-state index contributed by atoms with van der Waals surface area (Å²) in [6, 6.07) is 10.4. The Balaban J connectivity index is 2.17. The number of halogens is 1. The van der Waals surface area contributed by atoms with Crippen molar-refractivity contribution in [2.75, 3.05) is 18.5 Å². The average Bonchev–Trinajstić information content (AvgIpc) is 2.81. The summed E-state index contributed by atoms with van der Waals surface area (Å²) in [5.41, 5.74) is 2.51. The molecule has 4 heteroatoms. The Hall–Kier alpha value is -1.26. The summed E-state index contributed by atoms with van der Waals surface area (Å²) in [6.45, 7) is 6.70. The van der Waals surface area contributed by atoms with Gasteiger partial charge >= 0.3 is 0 Å². The fourth-order valence-electron chi connectivity index (χ4n) is 2.22. The SMILES string of the molecule is CCNCc1cc(Br)ccc1N(C)Cc1ccc(C)o1. The molecule has 20 heavy (non-hydrogen) atoms. The molecule has 0 atom stereocenters. The molecule has 1 aromatic carbocycles. The zero-order valence-corrected chi connectivity index (χ0v) is 13.8. The van der Waals surface area contributed by atoms with Crippen LogP contribution in [0.1, 0.15) is 24.0 Å². The largest absolute Gasteiger partial charge is 0.464 e. The number of furan rings is 1. The topological polar surface area (TPSA) is 28.4 Å². The lowest BCUT2D eigenvalue weighted by Gasteiger charge is -2.22. The number of aryl methyl sites for hydroxylation is 1.